The van der Waals surface area contributed by atoms with Gasteiger partial charge in [0.2, 0.25) is 0 Å². The van der Waals surface area contributed by atoms with Crippen LogP contribution in [-0.4, -0.2) is 85.3 Å². The molecule has 0 spiro atoms. The number of ether oxygens (including phenoxy) is 12. The lowest BCUT2D eigenvalue weighted by Gasteiger charge is -2.20. The molecular formula is C132H96O12. The van der Waals surface area contributed by atoms with Crippen molar-refractivity contribution in [1.29, 1.82) is 0 Å². The highest BCUT2D eigenvalue weighted by Crippen LogP contribution is 2.57. The van der Waals surface area contributed by atoms with Crippen LogP contribution in [0.1, 0.15) is 0 Å². The molecule has 0 aliphatic heterocycles. The molecule has 36 aliphatic rings. The van der Waals surface area contributed by atoms with E-state index in [-0.39, 0.29) is 0 Å². The molecule has 0 amide bonds. The van der Waals surface area contributed by atoms with Gasteiger partial charge in [0.15, 0.2) is 0 Å². The molecule has 12 heteroatoms. The Morgan fingerprint density at radius 3 is 0.236 bits per heavy atom. The van der Waals surface area contributed by atoms with E-state index >= 15 is 0 Å². The smallest absolute Gasteiger partial charge is 0.127 e. The molecule has 12 nitrogen and oxygen atoms in total. The molecule has 0 saturated carbocycles. The van der Waals surface area contributed by atoms with E-state index in [1.165, 1.54) is 0 Å². The maximum atomic E-state index is 6.34. The number of benzene rings is 24. The molecule has 24 aromatic carbocycles. The summed E-state index contributed by atoms with van der Waals surface area (Å²) in [6.45, 7) is 0. The maximum absolute atomic E-state index is 6.34. The summed E-state index contributed by atoms with van der Waals surface area (Å²) in [6.07, 6.45) is 0. The predicted octanol–water partition coefficient (Wildman–Crippen LogP) is 33.9. The van der Waals surface area contributed by atoms with E-state index in [9.17, 15) is 0 Å². The summed E-state index contributed by atoms with van der Waals surface area (Å²) in [5.74, 6) is 8.81. The average molecular weight is 1870 g/mol. The third-order valence-corrected chi connectivity index (χ3v) is 29.9. The molecule has 0 heterocycles. The largest absolute Gasteiger partial charge is 0.496 e. The lowest BCUT2D eigenvalue weighted by Crippen LogP contribution is -1.96. The molecule has 0 N–H and O–H groups in total. The van der Waals surface area contributed by atoms with Crippen LogP contribution in [0.25, 0.3) is 263 Å². The average Bonchev–Trinajstić information content (AvgIpc) is 0.751. The summed E-state index contributed by atoms with van der Waals surface area (Å²) in [6, 6.07) is 131. The lowest BCUT2D eigenvalue weighted by atomic mass is 9.88. The fourth-order valence-electron chi connectivity index (χ4n) is 23.0. The first-order valence-corrected chi connectivity index (χ1v) is 48.1. The van der Waals surface area contributed by atoms with Crippen molar-refractivity contribution < 1.29 is 56.8 Å². The molecule has 696 valence electrons. The molecule has 0 saturated heterocycles. The monoisotopic (exact) mass is 1870 g/mol. The van der Waals surface area contributed by atoms with Crippen LogP contribution in [0.3, 0.4) is 0 Å². The van der Waals surface area contributed by atoms with Crippen LogP contribution in [0.2, 0.25) is 0 Å². The summed E-state index contributed by atoms with van der Waals surface area (Å²) in [5, 5.41) is 24.9. The molecule has 24 aromatic rings. The first kappa shape index (κ1) is 87.5. The fraction of sp³-hybridized carbons (Fsp3) is 0.0909. The maximum Gasteiger partial charge on any atom is 0.127 e. The van der Waals surface area contributed by atoms with Gasteiger partial charge in [-0.1, -0.05) is 218 Å². The van der Waals surface area contributed by atoms with Crippen molar-refractivity contribution in [2.75, 3.05) is 85.3 Å². The van der Waals surface area contributed by atoms with Gasteiger partial charge in [0.05, 0.1) is 85.3 Å². The van der Waals surface area contributed by atoms with Gasteiger partial charge in [-0.3, -0.25) is 0 Å². The zero-order valence-corrected chi connectivity index (χ0v) is 81.5. The van der Waals surface area contributed by atoms with Crippen molar-refractivity contribution in [1.82, 2.24) is 0 Å². The first-order valence-electron chi connectivity index (χ1n) is 48.1. The Hall–Kier alpha value is -18.0. The lowest BCUT2D eigenvalue weighted by molar-refractivity contribution is 0.411. The van der Waals surface area contributed by atoms with Gasteiger partial charge in [0.1, 0.15) is 69.0 Å². The number of methoxy groups -OCH3 is 12. The van der Waals surface area contributed by atoms with Gasteiger partial charge in [-0.05, 0) is 342 Å². The molecule has 0 fully saturated rings. The molecule has 0 radical (unpaired) electrons. The van der Waals surface area contributed by atoms with Crippen molar-refractivity contribution in [2.45, 2.75) is 0 Å². The molecule has 0 atom stereocenters. The highest BCUT2D eigenvalue weighted by Gasteiger charge is 2.30. The SMILES string of the molecule is COc1ccc2cc3ccc2c1-c1c(OC)ccc2cc(ccc12)-c1ccc2c(c(OC)ccc2c1)-c1c(OC)ccc2cc(ccc12)-c1ccc2c(c(OC)ccc2c1)-c1c(OC)ccc2cc(ccc12)-c1ccc2c(c(OC)ccc2c1)-c1c(OC)ccc2cc(ccc12)-c1ccc2c(c(OC)ccc2c1)-c1c(OC)ccc2cc(ccc12)-c1ccc2c(c(OC)ccc2c1)-c1c(OC)ccc2cc-3ccc12. The zero-order chi connectivity index (χ0) is 97.6. The van der Waals surface area contributed by atoms with Gasteiger partial charge in [0.25, 0.3) is 0 Å². The second kappa shape index (κ2) is 35.1. The van der Waals surface area contributed by atoms with Crippen LogP contribution >= 0.6 is 0 Å². The second-order valence-corrected chi connectivity index (χ2v) is 36.9. The van der Waals surface area contributed by atoms with Crippen LogP contribution < -0.4 is 56.8 Å². The molecular weight excluding hydrogens is 1780 g/mol. The van der Waals surface area contributed by atoms with Crippen LogP contribution in [0.15, 0.2) is 364 Å². The van der Waals surface area contributed by atoms with Crippen LogP contribution in [0.4, 0.5) is 0 Å². The highest BCUT2D eigenvalue weighted by atomic mass is 16.5. The quantitative estimate of drug-likeness (QED) is 0.116. The van der Waals surface area contributed by atoms with E-state index in [2.05, 4.69) is 364 Å². The summed E-state index contributed by atoms with van der Waals surface area (Å²) in [5.41, 5.74) is 24.0. The summed E-state index contributed by atoms with van der Waals surface area (Å²) < 4.78 is 76.1. The normalized spacial score (nSPS) is 11.8. The van der Waals surface area contributed by atoms with Crippen molar-refractivity contribution in [3.8, 4) is 203 Å². The third kappa shape index (κ3) is 14.0. The van der Waals surface area contributed by atoms with Gasteiger partial charge < -0.3 is 56.8 Å². The fourth-order valence-corrected chi connectivity index (χ4v) is 23.0. The van der Waals surface area contributed by atoms with Crippen LogP contribution in [0, 0.1) is 0 Å². The minimum absolute atomic E-state index is 0.734. The second-order valence-electron chi connectivity index (χ2n) is 36.9. The van der Waals surface area contributed by atoms with Gasteiger partial charge >= 0.3 is 0 Å². The van der Waals surface area contributed by atoms with E-state index in [0.717, 1.165) is 332 Å². The molecule has 60 rings (SSSR count). The summed E-state index contributed by atoms with van der Waals surface area (Å²) in [4.78, 5) is 0. The van der Waals surface area contributed by atoms with Crippen molar-refractivity contribution in [3.05, 3.63) is 364 Å². The first-order chi connectivity index (χ1) is 70.8. The number of hydrogen-bond donors (Lipinski definition) is 0. The van der Waals surface area contributed by atoms with Crippen LogP contribution in [0.5, 0.6) is 69.0 Å². The Labute approximate surface area is 832 Å². The molecule has 144 heavy (non-hydrogen) atoms. The number of rotatable bonds is 12. The van der Waals surface area contributed by atoms with E-state index < -0.39 is 0 Å². The Kier molecular flexibility index (Phi) is 21.3. The highest BCUT2D eigenvalue weighted by molar-refractivity contribution is 6.20. The minimum Gasteiger partial charge on any atom is -0.496 e. The van der Waals surface area contributed by atoms with Crippen molar-refractivity contribution >= 4 is 129 Å². The minimum atomic E-state index is 0.734. The van der Waals surface area contributed by atoms with Gasteiger partial charge in [-0.2, -0.15) is 0 Å². The van der Waals surface area contributed by atoms with Crippen molar-refractivity contribution in [2.24, 2.45) is 0 Å². The molecule has 0 unspecified atom stereocenters. The third-order valence-electron chi connectivity index (χ3n) is 29.9. The Morgan fingerprint density at radius 1 is 0.0903 bits per heavy atom. The van der Waals surface area contributed by atoms with E-state index in [1.807, 2.05) is 0 Å². The summed E-state index contributed by atoms with van der Waals surface area (Å²) in [7, 11) is 20.9. The summed E-state index contributed by atoms with van der Waals surface area (Å²) >= 11 is 0. The number of hydrogen-bond acceptors (Lipinski definition) is 12. The Morgan fingerprint density at radius 2 is 0.167 bits per heavy atom. The zero-order valence-electron chi connectivity index (χ0n) is 81.5. The van der Waals surface area contributed by atoms with Gasteiger partial charge in [0, 0.05) is 66.8 Å². The van der Waals surface area contributed by atoms with Gasteiger partial charge in [-0.25, -0.2) is 0 Å². The molecule has 48 bridgehead atoms. The Balaban J connectivity index is 0.635. The van der Waals surface area contributed by atoms with E-state index in [1.54, 1.807) is 85.3 Å². The standard InChI is InChI=1S/C132H96O12/c1-133-109-49-25-85-61-73-13-37-97(85)121(109)122-98-38-14-74(62-86(98)26-50-110(122)134-2)76-16-40-100-88(64-76)28-52-112(136-4)124(100)126-102-42-18-78(66-90(102)30-54-114(126)138-6)80-20-44-104-92(68-80)32-56-116(140-8)128(104)130-106-46-22-82(70-94(106)34-58-118(130)142-10)84-24-48-108-96(72-84)36-60-120(144-12)132(108)131-107-47-23-83(71-95(107)35-59-119(131)143-11)81-21-45-105-93(69-81)33-57-117(141-9)129(105)127-103-43-19-79(67-91(103)31-55-115(127)139-7)77-17-41-101-89(65-77)29-53-113(137-5)125(101)123-99-39-15-75(73)63-87(99)27-51-111(123)135-3/h13-72H,1-12H3. The van der Waals surface area contributed by atoms with Crippen LogP contribution in [-0.2, 0) is 0 Å². The van der Waals surface area contributed by atoms with E-state index in [0.29, 0.717) is 0 Å². The Bertz CT molecular complexity index is 7620. The van der Waals surface area contributed by atoms with Crippen molar-refractivity contribution in [3.63, 3.8) is 0 Å². The topological polar surface area (TPSA) is 111 Å². The molecule has 0 aromatic heterocycles. The molecule has 36 aliphatic carbocycles. The van der Waals surface area contributed by atoms with E-state index in [4.69, 9.17) is 56.8 Å². The van der Waals surface area contributed by atoms with Gasteiger partial charge in [-0.15, -0.1) is 0 Å². The predicted molar refractivity (Wildman–Crippen MR) is 594 cm³/mol.